The third kappa shape index (κ3) is 0.884. The van der Waals surface area contributed by atoms with Crippen LogP contribution in [0, 0.1) is 6.92 Å². The maximum atomic E-state index is 11.8. The largest absolute Gasteiger partial charge is 0.378 e. The highest BCUT2D eigenvalue weighted by Crippen LogP contribution is 2.53. The van der Waals surface area contributed by atoms with Crippen LogP contribution in [-0.4, -0.2) is 12.3 Å². The molecule has 0 bridgehead atoms. The molecule has 0 unspecified atom stereocenters. The molecule has 1 saturated carbocycles. The molecule has 2 aliphatic rings. The zero-order valence-corrected chi connectivity index (χ0v) is 8.26. The summed E-state index contributed by atoms with van der Waals surface area (Å²) in [7, 11) is 0. The average Bonchev–Trinajstić information content (AvgIpc) is 2.94. The topological polar surface area (TPSA) is 29.1 Å². The fourth-order valence-electron chi connectivity index (χ4n) is 2.38. The van der Waals surface area contributed by atoms with Crippen molar-refractivity contribution in [3.05, 3.63) is 29.3 Å². The molecule has 0 amide bonds. The molecule has 3 rings (SSSR count). The summed E-state index contributed by atoms with van der Waals surface area (Å²) in [5, 5.41) is 3.19. The Bertz CT molecular complexity index is 418. The van der Waals surface area contributed by atoms with Gasteiger partial charge in [-0.15, -0.1) is 0 Å². The number of hydrogen-bond acceptors (Lipinski definition) is 2. The van der Waals surface area contributed by atoms with Crippen molar-refractivity contribution in [2.45, 2.75) is 25.2 Å². The van der Waals surface area contributed by atoms with Crippen LogP contribution in [0.3, 0.4) is 0 Å². The fourth-order valence-corrected chi connectivity index (χ4v) is 2.38. The van der Waals surface area contributed by atoms with Gasteiger partial charge in [-0.1, -0.05) is 17.7 Å². The molecule has 1 heterocycles. The Morgan fingerprint density at radius 1 is 1.36 bits per heavy atom. The van der Waals surface area contributed by atoms with E-state index >= 15 is 0 Å². The van der Waals surface area contributed by atoms with Crippen molar-refractivity contribution < 1.29 is 4.79 Å². The SMILES string of the molecule is Cc1ccc2c(c1)C1(CC1)C(=O)CN2. The molecule has 0 radical (unpaired) electrons. The first-order valence-electron chi connectivity index (χ1n) is 5.11. The quantitative estimate of drug-likeness (QED) is 0.673. The van der Waals surface area contributed by atoms with Gasteiger partial charge in [-0.25, -0.2) is 0 Å². The van der Waals surface area contributed by atoms with Gasteiger partial charge in [-0.3, -0.25) is 4.79 Å². The summed E-state index contributed by atoms with van der Waals surface area (Å²) in [5.74, 6) is 0.371. The average molecular weight is 187 g/mol. The molecule has 72 valence electrons. The minimum absolute atomic E-state index is 0.0907. The van der Waals surface area contributed by atoms with Gasteiger partial charge in [0.2, 0.25) is 0 Å². The van der Waals surface area contributed by atoms with Crippen molar-refractivity contribution in [3.8, 4) is 0 Å². The molecule has 2 heteroatoms. The van der Waals surface area contributed by atoms with E-state index in [0.717, 1.165) is 18.5 Å². The van der Waals surface area contributed by atoms with Crippen LogP contribution in [0.25, 0.3) is 0 Å². The summed E-state index contributed by atoms with van der Waals surface area (Å²) in [6, 6.07) is 6.35. The van der Waals surface area contributed by atoms with E-state index in [-0.39, 0.29) is 5.41 Å². The van der Waals surface area contributed by atoms with Gasteiger partial charge in [-0.2, -0.15) is 0 Å². The maximum Gasteiger partial charge on any atom is 0.162 e. The Morgan fingerprint density at radius 2 is 2.14 bits per heavy atom. The first-order valence-corrected chi connectivity index (χ1v) is 5.11. The number of Topliss-reactive ketones (excluding diaryl/α,β-unsaturated/α-hetero) is 1. The molecule has 14 heavy (non-hydrogen) atoms. The molecule has 1 N–H and O–H groups in total. The lowest BCUT2D eigenvalue weighted by molar-refractivity contribution is -0.120. The maximum absolute atomic E-state index is 11.8. The molecule has 0 saturated heterocycles. The van der Waals surface area contributed by atoms with E-state index in [1.165, 1.54) is 11.1 Å². The highest BCUT2D eigenvalue weighted by molar-refractivity contribution is 6.00. The molecule has 0 atom stereocenters. The summed E-state index contributed by atoms with van der Waals surface area (Å²) in [6.07, 6.45) is 2.09. The highest BCUT2D eigenvalue weighted by atomic mass is 16.1. The number of rotatable bonds is 0. The summed E-state index contributed by atoms with van der Waals surface area (Å²) >= 11 is 0. The van der Waals surface area contributed by atoms with Crippen LogP contribution in [-0.2, 0) is 10.2 Å². The van der Waals surface area contributed by atoms with Crippen molar-refractivity contribution >= 4 is 11.5 Å². The molecule has 0 aromatic heterocycles. The molecule has 1 aliphatic heterocycles. The van der Waals surface area contributed by atoms with Crippen LogP contribution in [0.1, 0.15) is 24.0 Å². The second kappa shape index (κ2) is 2.38. The molecular weight excluding hydrogens is 174 g/mol. The van der Waals surface area contributed by atoms with Gasteiger partial charge in [0, 0.05) is 5.69 Å². The normalized spacial score (nSPS) is 21.6. The van der Waals surface area contributed by atoms with Gasteiger partial charge < -0.3 is 5.32 Å². The minimum Gasteiger partial charge on any atom is -0.378 e. The Kier molecular flexibility index (Phi) is 1.37. The predicted molar refractivity (Wildman–Crippen MR) is 55.6 cm³/mol. The van der Waals surface area contributed by atoms with Crippen LogP contribution < -0.4 is 5.32 Å². The van der Waals surface area contributed by atoms with Gasteiger partial charge in [0.15, 0.2) is 5.78 Å². The summed E-state index contributed by atoms with van der Waals surface area (Å²) in [6.45, 7) is 2.59. The van der Waals surface area contributed by atoms with E-state index < -0.39 is 0 Å². The van der Waals surface area contributed by atoms with E-state index in [2.05, 4.69) is 30.4 Å². The molecule has 1 aromatic rings. The number of aryl methyl sites for hydroxylation is 1. The zero-order valence-electron chi connectivity index (χ0n) is 8.26. The van der Waals surface area contributed by atoms with E-state index in [1.54, 1.807) is 0 Å². The van der Waals surface area contributed by atoms with Crippen LogP contribution in [0.15, 0.2) is 18.2 Å². The smallest absolute Gasteiger partial charge is 0.162 e. The standard InChI is InChI=1S/C12H13NO/c1-8-2-3-10-9(6-8)12(4-5-12)11(14)7-13-10/h2-3,6,13H,4-5,7H2,1H3. The predicted octanol–water partition coefficient (Wildman–Crippen LogP) is 2.02. The van der Waals surface area contributed by atoms with Gasteiger partial charge >= 0.3 is 0 Å². The number of hydrogen-bond donors (Lipinski definition) is 1. The lowest BCUT2D eigenvalue weighted by Crippen LogP contribution is -2.33. The summed E-state index contributed by atoms with van der Waals surface area (Å²) < 4.78 is 0. The number of benzene rings is 1. The monoisotopic (exact) mass is 187 g/mol. The van der Waals surface area contributed by atoms with Crippen molar-refractivity contribution in [2.24, 2.45) is 0 Å². The van der Waals surface area contributed by atoms with Crippen LogP contribution in [0.2, 0.25) is 0 Å². The Balaban J connectivity index is 2.20. The Labute approximate surface area is 83.3 Å². The second-order valence-corrected chi connectivity index (χ2v) is 4.41. The number of ketones is 1. The lowest BCUT2D eigenvalue weighted by atomic mass is 9.86. The van der Waals surface area contributed by atoms with Crippen molar-refractivity contribution in [1.82, 2.24) is 0 Å². The van der Waals surface area contributed by atoms with Crippen molar-refractivity contribution in [3.63, 3.8) is 0 Å². The lowest BCUT2D eigenvalue weighted by Gasteiger charge is -2.25. The molecule has 1 fully saturated rings. The highest BCUT2D eigenvalue weighted by Gasteiger charge is 2.53. The first-order chi connectivity index (χ1) is 6.72. The van der Waals surface area contributed by atoms with E-state index in [1.807, 2.05) is 0 Å². The van der Waals surface area contributed by atoms with Crippen molar-refractivity contribution in [1.29, 1.82) is 0 Å². The molecule has 1 aromatic carbocycles. The number of fused-ring (bicyclic) bond motifs is 2. The van der Waals surface area contributed by atoms with Crippen LogP contribution in [0.5, 0.6) is 0 Å². The van der Waals surface area contributed by atoms with Gasteiger partial charge in [0.05, 0.1) is 12.0 Å². The minimum atomic E-state index is -0.0907. The number of anilines is 1. The fraction of sp³-hybridized carbons (Fsp3) is 0.417. The van der Waals surface area contributed by atoms with Gasteiger partial charge in [0.1, 0.15) is 0 Å². The summed E-state index contributed by atoms with van der Waals surface area (Å²) in [5.41, 5.74) is 3.54. The number of carbonyl (C=O) groups excluding carboxylic acids is 1. The van der Waals surface area contributed by atoms with E-state index in [4.69, 9.17) is 0 Å². The second-order valence-electron chi connectivity index (χ2n) is 4.41. The molecule has 2 nitrogen and oxygen atoms in total. The third-order valence-corrected chi connectivity index (χ3v) is 3.41. The molecule has 1 spiro atoms. The molecule has 1 aliphatic carbocycles. The zero-order chi connectivity index (χ0) is 9.76. The van der Waals surface area contributed by atoms with Crippen molar-refractivity contribution in [2.75, 3.05) is 11.9 Å². The number of nitrogens with one attached hydrogen (secondary N) is 1. The first kappa shape index (κ1) is 8.04. The summed E-state index contributed by atoms with van der Waals surface area (Å²) in [4.78, 5) is 11.8. The van der Waals surface area contributed by atoms with E-state index in [0.29, 0.717) is 12.3 Å². The Hall–Kier alpha value is -1.31. The van der Waals surface area contributed by atoms with E-state index in [9.17, 15) is 4.79 Å². The van der Waals surface area contributed by atoms with Gasteiger partial charge in [-0.05, 0) is 31.4 Å². The van der Waals surface area contributed by atoms with Gasteiger partial charge in [0.25, 0.3) is 0 Å². The number of carbonyl (C=O) groups is 1. The van der Waals surface area contributed by atoms with Crippen LogP contribution >= 0.6 is 0 Å². The third-order valence-electron chi connectivity index (χ3n) is 3.41. The molecular formula is C12H13NO. The van der Waals surface area contributed by atoms with Crippen LogP contribution in [0.4, 0.5) is 5.69 Å². The Morgan fingerprint density at radius 3 is 2.86 bits per heavy atom.